The van der Waals surface area contributed by atoms with Crippen LogP contribution in [0.2, 0.25) is 0 Å². The summed E-state index contributed by atoms with van der Waals surface area (Å²) in [7, 11) is 0. The fraction of sp³-hybridized carbons (Fsp3) is 0.632. The highest BCUT2D eigenvalue weighted by Gasteiger charge is 2.30. The normalized spacial score (nSPS) is 17.9. The lowest BCUT2D eigenvalue weighted by Gasteiger charge is -2.27. The molecule has 3 nitrogen and oxygen atoms in total. The molecule has 3 heteroatoms. The standard InChI is InChI=1S/C19H27NO2/c1-3-11-19(4-2,14-20)16-10-9-15(13-21)18(12-16)22-17-7-5-6-8-17/h9-10,12,17,21H,3-8,11,13H2,1-2H3. The Morgan fingerprint density at radius 2 is 2.05 bits per heavy atom. The van der Waals surface area contributed by atoms with E-state index in [9.17, 15) is 10.4 Å². The molecule has 0 aromatic heterocycles. The van der Waals surface area contributed by atoms with Gasteiger partial charge in [-0.05, 0) is 50.2 Å². The number of rotatable bonds is 7. The Bertz CT molecular complexity index is 529. The van der Waals surface area contributed by atoms with Gasteiger partial charge < -0.3 is 9.84 Å². The third kappa shape index (κ3) is 3.44. The maximum atomic E-state index is 9.72. The number of nitriles is 1. The first-order valence-corrected chi connectivity index (χ1v) is 8.51. The second kappa shape index (κ2) is 7.65. The molecule has 0 radical (unpaired) electrons. The van der Waals surface area contributed by atoms with Crippen molar-refractivity contribution in [3.8, 4) is 11.8 Å². The van der Waals surface area contributed by atoms with E-state index in [1.807, 2.05) is 18.2 Å². The summed E-state index contributed by atoms with van der Waals surface area (Å²) >= 11 is 0. The minimum atomic E-state index is -0.448. The van der Waals surface area contributed by atoms with Crippen LogP contribution in [0.5, 0.6) is 5.75 Å². The van der Waals surface area contributed by atoms with Crippen molar-refractivity contribution >= 4 is 0 Å². The summed E-state index contributed by atoms with van der Waals surface area (Å²) in [4.78, 5) is 0. The quantitative estimate of drug-likeness (QED) is 0.808. The molecule has 1 fully saturated rings. The van der Waals surface area contributed by atoms with Crippen molar-refractivity contribution in [2.75, 3.05) is 0 Å². The predicted octanol–water partition coefficient (Wildman–Crippen LogP) is 4.47. The molecule has 1 N–H and O–H groups in total. The molecule has 22 heavy (non-hydrogen) atoms. The fourth-order valence-corrected chi connectivity index (χ4v) is 3.43. The van der Waals surface area contributed by atoms with Gasteiger partial charge in [0.05, 0.1) is 24.2 Å². The summed E-state index contributed by atoms with van der Waals surface area (Å²) in [5.41, 5.74) is 1.39. The van der Waals surface area contributed by atoms with E-state index >= 15 is 0 Å². The molecular formula is C19H27NO2. The van der Waals surface area contributed by atoms with E-state index in [1.165, 1.54) is 12.8 Å². The Morgan fingerprint density at radius 1 is 1.32 bits per heavy atom. The van der Waals surface area contributed by atoms with Gasteiger partial charge in [0.2, 0.25) is 0 Å². The number of ether oxygens (including phenoxy) is 1. The maximum absolute atomic E-state index is 9.72. The van der Waals surface area contributed by atoms with Crippen molar-refractivity contribution in [2.24, 2.45) is 0 Å². The predicted molar refractivity (Wildman–Crippen MR) is 87.7 cm³/mol. The number of hydrogen-bond donors (Lipinski definition) is 1. The zero-order chi connectivity index (χ0) is 16.0. The van der Waals surface area contributed by atoms with Crippen LogP contribution in [-0.4, -0.2) is 11.2 Å². The molecule has 0 spiro atoms. The highest BCUT2D eigenvalue weighted by atomic mass is 16.5. The van der Waals surface area contributed by atoms with E-state index in [4.69, 9.17) is 4.74 Å². The SMILES string of the molecule is CCCC(C#N)(CC)c1ccc(CO)c(OC2CCCC2)c1. The lowest BCUT2D eigenvalue weighted by atomic mass is 9.75. The number of aliphatic hydroxyl groups is 1. The van der Waals surface area contributed by atoms with E-state index < -0.39 is 5.41 Å². The third-order valence-electron chi connectivity index (χ3n) is 4.88. The summed E-state index contributed by atoms with van der Waals surface area (Å²) in [6, 6.07) is 8.41. The smallest absolute Gasteiger partial charge is 0.125 e. The zero-order valence-corrected chi connectivity index (χ0v) is 13.8. The summed E-state index contributed by atoms with van der Waals surface area (Å²) in [6.45, 7) is 4.15. The summed E-state index contributed by atoms with van der Waals surface area (Å²) in [6.07, 6.45) is 7.46. The van der Waals surface area contributed by atoms with Gasteiger partial charge in [0.25, 0.3) is 0 Å². The van der Waals surface area contributed by atoms with Crippen molar-refractivity contribution in [2.45, 2.75) is 76.9 Å². The molecule has 2 rings (SSSR count). The van der Waals surface area contributed by atoms with Crippen LogP contribution in [0.4, 0.5) is 0 Å². The van der Waals surface area contributed by atoms with Crippen LogP contribution in [0.3, 0.4) is 0 Å². The van der Waals surface area contributed by atoms with Gasteiger partial charge >= 0.3 is 0 Å². The van der Waals surface area contributed by atoms with Crippen LogP contribution in [-0.2, 0) is 12.0 Å². The van der Waals surface area contributed by atoms with E-state index in [-0.39, 0.29) is 12.7 Å². The molecule has 1 atom stereocenters. The fourth-order valence-electron chi connectivity index (χ4n) is 3.43. The molecular weight excluding hydrogens is 274 g/mol. The van der Waals surface area contributed by atoms with Crippen molar-refractivity contribution in [3.63, 3.8) is 0 Å². The number of nitrogens with zero attached hydrogens (tertiary/aromatic N) is 1. The molecule has 1 aromatic carbocycles. The first-order chi connectivity index (χ1) is 10.7. The minimum Gasteiger partial charge on any atom is -0.490 e. The Labute approximate surface area is 133 Å². The van der Waals surface area contributed by atoms with Crippen LogP contribution in [0.1, 0.15) is 69.9 Å². The number of benzene rings is 1. The zero-order valence-electron chi connectivity index (χ0n) is 13.8. The molecule has 0 bridgehead atoms. The van der Waals surface area contributed by atoms with Gasteiger partial charge in [0.15, 0.2) is 0 Å². The number of aliphatic hydroxyl groups excluding tert-OH is 1. The van der Waals surface area contributed by atoms with Gasteiger partial charge in [0.1, 0.15) is 5.75 Å². The van der Waals surface area contributed by atoms with Crippen molar-refractivity contribution < 1.29 is 9.84 Å². The average molecular weight is 301 g/mol. The van der Waals surface area contributed by atoms with Crippen LogP contribution in [0, 0.1) is 11.3 Å². The van der Waals surface area contributed by atoms with Crippen LogP contribution >= 0.6 is 0 Å². The number of hydrogen-bond acceptors (Lipinski definition) is 3. The van der Waals surface area contributed by atoms with Gasteiger partial charge in [-0.2, -0.15) is 5.26 Å². The Morgan fingerprint density at radius 3 is 2.59 bits per heavy atom. The topological polar surface area (TPSA) is 53.2 Å². The minimum absolute atomic E-state index is 0.0260. The summed E-state index contributed by atoms with van der Waals surface area (Å²) in [5, 5.41) is 19.3. The highest BCUT2D eigenvalue weighted by molar-refractivity contribution is 5.43. The molecule has 1 aliphatic carbocycles. The molecule has 1 unspecified atom stereocenters. The summed E-state index contributed by atoms with van der Waals surface area (Å²) in [5.74, 6) is 0.760. The monoisotopic (exact) mass is 301 g/mol. The van der Waals surface area contributed by atoms with Gasteiger partial charge in [-0.3, -0.25) is 0 Å². The second-order valence-corrected chi connectivity index (χ2v) is 6.30. The Hall–Kier alpha value is -1.53. The molecule has 0 aliphatic heterocycles. The van der Waals surface area contributed by atoms with Crippen molar-refractivity contribution in [3.05, 3.63) is 29.3 Å². The van der Waals surface area contributed by atoms with Gasteiger partial charge in [-0.1, -0.05) is 32.4 Å². The molecule has 0 heterocycles. The van der Waals surface area contributed by atoms with E-state index in [1.54, 1.807) is 0 Å². The molecule has 120 valence electrons. The average Bonchev–Trinajstić information content (AvgIpc) is 3.06. The summed E-state index contributed by atoms with van der Waals surface area (Å²) < 4.78 is 6.13. The molecule has 0 amide bonds. The Balaban J connectivity index is 2.34. The van der Waals surface area contributed by atoms with E-state index in [2.05, 4.69) is 19.9 Å². The van der Waals surface area contributed by atoms with E-state index in [0.717, 1.165) is 49.0 Å². The van der Waals surface area contributed by atoms with Gasteiger partial charge in [-0.15, -0.1) is 0 Å². The molecule has 0 saturated heterocycles. The first kappa shape index (κ1) is 16.8. The van der Waals surface area contributed by atoms with Gasteiger partial charge in [-0.25, -0.2) is 0 Å². The van der Waals surface area contributed by atoms with Crippen LogP contribution in [0.15, 0.2) is 18.2 Å². The third-order valence-corrected chi connectivity index (χ3v) is 4.88. The van der Waals surface area contributed by atoms with Gasteiger partial charge in [0, 0.05) is 5.56 Å². The van der Waals surface area contributed by atoms with E-state index in [0.29, 0.717) is 0 Å². The van der Waals surface area contributed by atoms with Crippen molar-refractivity contribution in [1.82, 2.24) is 0 Å². The second-order valence-electron chi connectivity index (χ2n) is 6.30. The largest absolute Gasteiger partial charge is 0.490 e. The van der Waals surface area contributed by atoms with Crippen LogP contribution in [0.25, 0.3) is 0 Å². The lowest BCUT2D eigenvalue weighted by Crippen LogP contribution is -2.23. The first-order valence-electron chi connectivity index (χ1n) is 8.51. The lowest BCUT2D eigenvalue weighted by molar-refractivity contribution is 0.199. The molecule has 1 aromatic rings. The van der Waals surface area contributed by atoms with Crippen molar-refractivity contribution in [1.29, 1.82) is 5.26 Å². The molecule has 1 aliphatic rings. The molecule has 1 saturated carbocycles. The van der Waals surface area contributed by atoms with Crippen LogP contribution < -0.4 is 4.74 Å². The maximum Gasteiger partial charge on any atom is 0.125 e. The Kier molecular flexibility index (Phi) is 5.85. The highest BCUT2D eigenvalue weighted by Crippen LogP contribution is 2.36.